The maximum Gasteiger partial charge on any atom is 0.408 e. The van der Waals surface area contributed by atoms with Gasteiger partial charge in [0.15, 0.2) is 0 Å². The predicted molar refractivity (Wildman–Crippen MR) is 70.3 cm³/mol. The van der Waals surface area contributed by atoms with Gasteiger partial charge >= 0.3 is 6.09 Å². The van der Waals surface area contributed by atoms with Crippen molar-refractivity contribution in [3.05, 3.63) is 0 Å². The summed E-state index contributed by atoms with van der Waals surface area (Å²) in [6, 6.07) is 0. The molecule has 4 saturated carbocycles. The number of alkyl carbamates (subject to hydrolysis) is 1. The second-order valence-electron chi connectivity index (χ2n) is 7.82. The summed E-state index contributed by atoms with van der Waals surface area (Å²) >= 11 is 0. The Balaban J connectivity index is 1.67. The lowest BCUT2D eigenvalue weighted by atomic mass is 9.53. The molecular weight excluding hydrogens is 226 g/mol. The predicted octanol–water partition coefficient (Wildman–Crippen LogP) is 3.48. The molecule has 4 fully saturated rings. The molecule has 18 heavy (non-hydrogen) atoms. The Morgan fingerprint density at radius 2 is 1.50 bits per heavy atom. The zero-order valence-electron chi connectivity index (χ0n) is 11.8. The molecule has 0 aromatic heterocycles. The molecule has 0 saturated heterocycles. The first-order valence-corrected chi connectivity index (χ1v) is 7.35. The Bertz CT molecular complexity index is 321. The fraction of sp³-hybridized carbons (Fsp3) is 0.933. The van der Waals surface area contributed by atoms with E-state index in [4.69, 9.17) is 4.74 Å². The number of rotatable bonds is 1. The van der Waals surface area contributed by atoms with Crippen molar-refractivity contribution in [2.45, 2.75) is 70.4 Å². The first kappa shape index (κ1) is 12.3. The summed E-state index contributed by atoms with van der Waals surface area (Å²) in [5.41, 5.74) is -0.330. The van der Waals surface area contributed by atoms with E-state index in [-0.39, 0.29) is 11.6 Å². The van der Waals surface area contributed by atoms with Crippen LogP contribution in [0.1, 0.15) is 59.3 Å². The first-order valence-electron chi connectivity index (χ1n) is 7.35. The van der Waals surface area contributed by atoms with Gasteiger partial charge in [-0.1, -0.05) is 0 Å². The average Bonchev–Trinajstić information content (AvgIpc) is 2.09. The minimum atomic E-state index is -0.396. The number of carbonyl (C=O) groups is 1. The zero-order valence-corrected chi connectivity index (χ0v) is 11.8. The van der Waals surface area contributed by atoms with Crippen molar-refractivity contribution in [1.29, 1.82) is 0 Å². The maximum atomic E-state index is 12.0. The van der Waals surface area contributed by atoms with Gasteiger partial charge in [0.2, 0.25) is 0 Å². The Labute approximate surface area is 110 Å². The smallest absolute Gasteiger partial charge is 0.408 e. The molecule has 1 amide bonds. The van der Waals surface area contributed by atoms with Crippen LogP contribution in [0.3, 0.4) is 0 Å². The van der Waals surface area contributed by atoms with E-state index in [0.29, 0.717) is 0 Å². The van der Waals surface area contributed by atoms with Gasteiger partial charge in [0.25, 0.3) is 0 Å². The van der Waals surface area contributed by atoms with E-state index in [2.05, 4.69) is 5.32 Å². The molecular formula is C15H25NO2. The van der Waals surface area contributed by atoms with E-state index in [1.54, 1.807) is 0 Å². The highest BCUT2D eigenvalue weighted by molar-refractivity contribution is 5.69. The molecule has 4 aliphatic rings. The van der Waals surface area contributed by atoms with Crippen LogP contribution in [-0.4, -0.2) is 17.2 Å². The standard InChI is InChI=1S/C15H25NO2/c1-14(2,3)18-13(17)16-15-7-10-4-11(8-15)6-12(5-10)9-15/h10-12H,4-9H2,1-3H3,(H,16,17). The molecule has 0 spiro atoms. The van der Waals surface area contributed by atoms with Gasteiger partial charge in [-0.05, 0) is 77.0 Å². The fourth-order valence-corrected chi connectivity index (χ4v) is 4.78. The van der Waals surface area contributed by atoms with Crippen LogP contribution in [-0.2, 0) is 4.74 Å². The largest absolute Gasteiger partial charge is 0.444 e. The normalized spacial score (nSPS) is 41.8. The number of ether oxygens (including phenoxy) is 1. The zero-order chi connectivity index (χ0) is 13.0. The molecule has 0 heterocycles. The van der Waals surface area contributed by atoms with Crippen LogP contribution < -0.4 is 5.32 Å². The molecule has 0 atom stereocenters. The molecule has 3 nitrogen and oxygen atoms in total. The molecule has 0 radical (unpaired) electrons. The van der Waals surface area contributed by atoms with Gasteiger partial charge < -0.3 is 10.1 Å². The van der Waals surface area contributed by atoms with Crippen LogP contribution in [0.15, 0.2) is 0 Å². The second kappa shape index (κ2) is 3.88. The summed E-state index contributed by atoms with van der Waals surface area (Å²) in [6.07, 6.45) is 7.51. The summed E-state index contributed by atoms with van der Waals surface area (Å²) in [4.78, 5) is 12.0. The molecule has 1 N–H and O–H groups in total. The van der Waals surface area contributed by atoms with Gasteiger partial charge in [-0.25, -0.2) is 4.79 Å². The van der Waals surface area contributed by atoms with Gasteiger partial charge in [-0.2, -0.15) is 0 Å². The monoisotopic (exact) mass is 251 g/mol. The lowest BCUT2D eigenvalue weighted by Crippen LogP contribution is -2.60. The molecule has 3 heteroatoms. The van der Waals surface area contributed by atoms with E-state index in [1.807, 2.05) is 20.8 Å². The van der Waals surface area contributed by atoms with Crippen LogP contribution in [0.4, 0.5) is 4.79 Å². The number of amides is 1. The summed E-state index contributed by atoms with van der Waals surface area (Å²) in [5.74, 6) is 2.56. The van der Waals surface area contributed by atoms with Crippen molar-refractivity contribution in [3.63, 3.8) is 0 Å². The lowest BCUT2D eigenvalue weighted by Gasteiger charge is -2.56. The highest BCUT2D eigenvalue weighted by Crippen LogP contribution is 2.55. The van der Waals surface area contributed by atoms with Crippen LogP contribution in [0, 0.1) is 17.8 Å². The third-order valence-electron chi connectivity index (χ3n) is 4.80. The van der Waals surface area contributed by atoms with Crippen LogP contribution in [0.2, 0.25) is 0 Å². The van der Waals surface area contributed by atoms with Gasteiger partial charge in [0, 0.05) is 5.54 Å². The van der Waals surface area contributed by atoms with Crippen molar-refractivity contribution >= 4 is 6.09 Å². The number of hydrogen-bond acceptors (Lipinski definition) is 2. The van der Waals surface area contributed by atoms with Crippen molar-refractivity contribution in [2.75, 3.05) is 0 Å². The summed E-state index contributed by atoms with van der Waals surface area (Å²) in [5, 5.41) is 3.22. The van der Waals surface area contributed by atoms with Gasteiger partial charge in [-0.15, -0.1) is 0 Å². The number of hydrogen-bond donors (Lipinski definition) is 1. The minimum Gasteiger partial charge on any atom is -0.444 e. The van der Waals surface area contributed by atoms with E-state index in [0.717, 1.165) is 17.8 Å². The van der Waals surface area contributed by atoms with Gasteiger partial charge in [0.05, 0.1) is 0 Å². The molecule has 0 aliphatic heterocycles. The second-order valence-corrected chi connectivity index (χ2v) is 7.82. The molecule has 4 bridgehead atoms. The highest BCUT2D eigenvalue weighted by Gasteiger charge is 2.51. The summed E-state index contributed by atoms with van der Waals surface area (Å²) in [7, 11) is 0. The van der Waals surface area contributed by atoms with Gasteiger partial charge in [0.1, 0.15) is 5.60 Å². The van der Waals surface area contributed by atoms with Crippen LogP contribution in [0.5, 0.6) is 0 Å². The quantitative estimate of drug-likeness (QED) is 0.775. The topological polar surface area (TPSA) is 38.3 Å². The van der Waals surface area contributed by atoms with E-state index in [9.17, 15) is 4.79 Å². The van der Waals surface area contributed by atoms with E-state index >= 15 is 0 Å². The van der Waals surface area contributed by atoms with Crippen LogP contribution >= 0.6 is 0 Å². The van der Waals surface area contributed by atoms with Crippen molar-refractivity contribution < 1.29 is 9.53 Å². The van der Waals surface area contributed by atoms with E-state index < -0.39 is 5.60 Å². The van der Waals surface area contributed by atoms with Crippen LogP contribution in [0.25, 0.3) is 0 Å². The molecule has 4 rings (SSSR count). The van der Waals surface area contributed by atoms with Crippen molar-refractivity contribution in [2.24, 2.45) is 17.8 Å². The Morgan fingerprint density at radius 1 is 1.06 bits per heavy atom. The van der Waals surface area contributed by atoms with Gasteiger partial charge in [-0.3, -0.25) is 0 Å². The Morgan fingerprint density at radius 3 is 1.89 bits per heavy atom. The molecule has 0 unspecified atom stereocenters. The maximum absolute atomic E-state index is 12.0. The summed E-state index contributed by atoms with van der Waals surface area (Å²) in [6.45, 7) is 5.77. The molecule has 0 aromatic rings. The first-order chi connectivity index (χ1) is 8.34. The van der Waals surface area contributed by atoms with Crippen molar-refractivity contribution in [3.8, 4) is 0 Å². The molecule has 0 aromatic carbocycles. The lowest BCUT2D eigenvalue weighted by molar-refractivity contribution is -0.0266. The number of carbonyl (C=O) groups excluding carboxylic acids is 1. The third kappa shape index (κ3) is 2.36. The molecule has 4 aliphatic carbocycles. The third-order valence-corrected chi connectivity index (χ3v) is 4.80. The average molecular weight is 251 g/mol. The van der Waals surface area contributed by atoms with E-state index in [1.165, 1.54) is 38.5 Å². The molecule has 102 valence electrons. The van der Waals surface area contributed by atoms with Crippen molar-refractivity contribution in [1.82, 2.24) is 5.32 Å². The summed E-state index contributed by atoms with van der Waals surface area (Å²) < 4.78 is 5.43. The minimum absolute atomic E-state index is 0.0666. The Kier molecular flexibility index (Phi) is 2.65. The fourth-order valence-electron chi connectivity index (χ4n) is 4.78. The SMILES string of the molecule is CC(C)(C)OC(=O)NC12CC3CC(CC(C3)C1)C2. The highest BCUT2D eigenvalue weighted by atomic mass is 16.6. The number of nitrogens with one attached hydrogen (secondary N) is 1. The Hall–Kier alpha value is -0.730.